The van der Waals surface area contributed by atoms with Gasteiger partial charge in [-0.2, -0.15) is 0 Å². The van der Waals surface area contributed by atoms with Crippen molar-refractivity contribution in [3.8, 4) is 0 Å². The Balaban J connectivity index is 2.56. The van der Waals surface area contributed by atoms with E-state index < -0.39 is 17.9 Å². The van der Waals surface area contributed by atoms with Gasteiger partial charge in [0.15, 0.2) is 0 Å². The average molecular weight is 415 g/mol. The minimum atomic E-state index is -0.455. The van der Waals surface area contributed by atoms with Gasteiger partial charge in [0.1, 0.15) is 0 Å². The molecule has 0 saturated heterocycles. The fourth-order valence-corrected chi connectivity index (χ4v) is 4.21. The lowest BCUT2D eigenvalue weighted by Gasteiger charge is -2.34. The van der Waals surface area contributed by atoms with Gasteiger partial charge in [0.05, 0.1) is 37.3 Å². The molecule has 0 aromatic carbocycles. The van der Waals surface area contributed by atoms with Crippen molar-refractivity contribution in [3.05, 3.63) is 0 Å². The Bertz CT molecular complexity index is 492. The number of esters is 2. The lowest BCUT2D eigenvalue weighted by Crippen LogP contribution is -2.38. The third-order valence-electron chi connectivity index (χ3n) is 6.35. The molecular weight excluding hydrogens is 372 g/mol. The molecule has 6 unspecified atom stereocenters. The summed E-state index contributed by atoms with van der Waals surface area (Å²) in [6, 6.07) is 0. The van der Waals surface area contributed by atoms with Crippen LogP contribution in [0.2, 0.25) is 0 Å². The van der Waals surface area contributed by atoms with Crippen LogP contribution >= 0.6 is 0 Å². The van der Waals surface area contributed by atoms with Gasteiger partial charge in [-0.3, -0.25) is 9.59 Å². The average Bonchev–Trinajstić information content (AvgIpc) is 2.69. The van der Waals surface area contributed by atoms with E-state index in [9.17, 15) is 19.8 Å². The predicted molar refractivity (Wildman–Crippen MR) is 112 cm³/mol. The minimum absolute atomic E-state index is 0.125. The normalized spacial score (nSPS) is 25.3. The van der Waals surface area contributed by atoms with E-state index in [1.807, 2.05) is 20.8 Å². The molecule has 0 aromatic rings. The second kappa shape index (κ2) is 13.2. The monoisotopic (exact) mass is 414 g/mol. The van der Waals surface area contributed by atoms with Crippen molar-refractivity contribution in [1.82, 2.24) is 0 Å². The van der Waals surface area contributed by atoms with Crippen molar-refractivity contribution < 1.29 is 29.3 Å². The van der Waals surface area contributed by atoms with E-state index in [1.54, 1.807) is 13.8 Å². The molecule has 0 aromatic heterocycles. The van der Waals surface area contributed by atoms with Crippen LogP contribution < -0.4 is 0 Å². The maximum Gasteiger partial charge on any atom is 0.309 e. The van der Waals surface area contributed by atoms with Crippen LogP contribution in [0, 0.1) is 29.6 Å². The summed E-state index contributed by atoms with van der Waals surface area (Å²) in [6.07, 6.45) is 4.33. The van der Waals surface area contributed by atoms with Gasteiger partial charge >= 0.3 is 11.9 Å². The Labute approximate surface area is 176 Å². The van der Waals surface area contributed by atoms with Crippen LogP contribution in [0.25, 0.3) is 0 Å². The highest BCUT2D eigenvalue weighted by Gasteiger charge is 2.41. The summed E-state index contributed by atoms with van der Waals surface area (Å²) in [5.74, 6) is -0.851. The number of aliphatic hydroxyl groups excluding tert-OH is 2. The molecule has 1 aliphatic carbocycles. The van der Waals surface area contributed by atoms with Gasteiger partial charge in [-0.25, -0.2) is 0 Å². The Morgan fingerprint density at radius 3 is 2.00 bits per heavy atom. The molecule has 1 rings (SSSR count). The molecule has 170 valence electrons. The summed E-state index contributed by atoms with van der Waals surface area (Å²) in [5, 5.41) is 20.5. The summed E-state index contributed by atoms with van der Waals surface area (Å²) in [4.78, 5) is 24.7. The van der Waals surface area contributed by atoms with Gasteiger partial charge in [-0.1, -0.05) is 20.8 Å². The molecule has 2 N–H and O–H groups in total. The Morgan fingerprint density at radius 2 is 1.45 bits per heavy atom. The van der Waals surface area contributed by atoms with Crippen LogP contribution in [0.1, 0.15) is 79.6 Å². The molecule has 29 heavy (non-hydrogen) atoms. The third-order valence-corrected chi connectivity index (χ3v) is 6.35. The summed E-state index contributed by atoms with van der Waals surface area (Å²) >= 11 is 0. The Morgan fingerprint density at radius 1 is 0.862 bits per heavy atom. The second-order valence-electron chi connectivity index (χ2n) is 8.91. The number of ether oxygens (including phenoxy) is 2. The largest absolute Gasteiger partial charge is 0.466 e. The van der Waals surface area contributed by atoms with E-state index in [1.165, 1.54) is 0 Å². The first-order valence-electron chi connectivity index (χ1n) is 11.4. The van der Waals surface area contributed by atoms with Crippen LogP contribution in [-0.2, 0) is 19.1 Å². The number of carbonyl (C=O) groups is 2. The van der Waals surface area contributed by atoms with Crippen molar-refractivity contribution in [2.75, 3.05) is 13.2 Å². The summed E-state index contributed by atoms with van der Waals surface area (Å²) in [6.45, 7) is 10.2. The van der Waals surface area contributed by atoms with Gasteiger partial charge < -0.3 is 19.7 Å². The quantitative estimate of drug-likeness (QED) is 0.473. The predicted octanol–water partition coefficient (Wildman–Crippen LogP) is 3.72. The van der Waals surface area contributed by atoms with Gasteiger partial charge in [-0.05, 0) is 76.5 Å². The standard InChI is InChI=1S/C23H42O6/c1-6-28-22(26)18-11-9-17(14-19(18)23(27)29-7-2)10-13-21(25)16(5)8-12-20(24)15(3)4/h15-21,24-25H,6-14H2,1-5H3. The smallest absolute Gasteiger partial charge is 0.309 e. The van der Waals surface area contributed by atoms with Crippen LogP contribution in [0.15, 0.2) is 0 Å². The zero-order valence-electron chi connectivity index (χ0n) is 18.9. The van der Waals surface area contributed by atoms with Gasteiger partial charge in [0.2, 0.25) is 0 Å². The zero-order valence-corrected chi connectivity index (χ0v) is 18.9. The Kier molecular flexibility index (Phi) is 11.8. The highest BCUT2D eigenvalue weighted by molar-refractivity contribution is 5.82. The highest BCUT2D eigenvalue weighted by Crippen LogP contribution is 2.38. The van der Waals surface area contributed by atoms with Crippen molar-refractivity contribution in [3.63, 3.8) is 0 Å². The highest BCUT2D eigenvalue weighted by atomic mass is 16.5. The lowest BCUT2D eigenvalue weighted by atomic mass is 9.72. The topological polar surface area (TPSA) is 93.1 Å². The maximum absolute atomic E-state index is 12.4. The molecule has 0 aliphatic heterocycles. The third kappa shape index (κ3) is 8.63. The molecular formula is C23H42O6. The Hall–Kier alpha value is -1.14. The first-order chi connectivity index (χ1) is 13.7. The summed E-state index contributed by atoms with van der Waals surface area (Å²) < 4.78 is 10.4. The molecule has 0 heterocycles. The number of aliphatic hydroxyl groups is 2. The van der Waals surface area contributed by atoms with E-state index in [0.717, 1.165) is 19.3 Å². The van der Waals surface area contributed by atoms with Crippen LogP contribution in [0.5, 0.6) is 0 Å². The maximum atomic E-state index is 12.4. The molecule has 6 nitrogen and oxygen atoms in total. The van der Waals surface area contributed by atoms with Gasteiger partial charge in [0, 0.05) is 0 Å². The van der Waals surface area contributed by atoms with Gasteiger partial charge in [-0.15, -0.1) is 0 Å². The van der Waals surface area contributed by atoms with Gasteiger partial charge in [0.25, 0.3) is 0 Å². The molecule has 1 aliphatic rings. The van der Waals surface area contributed by atoms with Crippen molar-refractivity contribution >= 4 is 11.9 Å². The van der Waals surface area contributed by atoms with E-state index >= 15 is 0 Å². The zero-order chi connectivity index (χ0) is 22.0. The number of hydrogen-bond acceptors (Lipinski definition) is 6. The number of rotatable bonds is 12. The molecule has 0 spiro atoms. The molecule has 0 amide bonds. The van der Waals surface area contributed by atoms with Crippen molar-refractivity contribution in [1.29, 1.82) is 0 Å². The lowest BCUT2D eigenvalue weighted by molar-refractivity contribution is -0.163. The summed E-state index contributed by atoms with van der Waals surface area (Å²) in [7, 11) is 0. The molecule has 0 bridgehead atoms. The second-order valence-corrected chi connectivity index (χ2v) is 8.91. The van der Waals surface area contributed by atoms with Crippen LogP contribution in [-0.4, -0.2) is 47.6 Å². The first-order valence-corrected chi connectivity index (χ1v) is 11.4. The van der Waals surface area contributed by atoms with Crippen molar-refractivity contribution in [2.24, 2.45) is 29.6 Å². The molecule has 0 radical (unpaired) electrons. The fraction of sp³-hybridized carbons (Fsp3) is 0.913. The molecule has 1 fully saturated rings. The van der Waals surface area contributed by atoms with E-state index in [0.29, 0.717) is 38.9 Å². The number of hydrogen-bond donors (Lipinski definition) is 2. The number of carbonyl (C=O) groups excluding carboxylic acids is 2. The molecule has 1 saturated carbocycles. The van der Waals surface area contributed by atoms with E-state index in [2.05, 4.69) is 0 Å². The van der Waals surface area contributed by atoms with E-state index in [4.69, 9.17) is 9.47 Å². The first kappa shape index (κ1) is 25.9. The van der Waals surface area contributed by atoms with E-state index in [-0.39, 0.29) is 35.8 Å². The fourth-order valence-electron chi connectivity index (χ4n) is 4.21. The van der Waals surface area contributed by atoms with Crippen LogP contribution in [0.3, 0.4) is 0 Å². The minimum Gasteiger partial charge on any atom is -0.466 e. The molecule has 6 heteroatoms. The van der Waals surface area contributed by atoms with Crippen molar-refractivity contribution in [2.45, 2.75) is 91.8 Å². The van der Waals surface area contributed by atoms with Crippen LogP contribution in [0.4, 0.5) is 0 Å². The SMILES string of the molecule is CCOC(=O)C1CCC(CCC(O)C(C)CCC(O)C(C)C)CC1C(=O)OCC. The summed E-state index contributed by atoms with van der Waals surface area (Å²) in [5.41, 5.74) is 0. The molecule has 6 atom stereocenters.